The van der Waals surface area contributed by atoms with E-state index < -0.39 is 6.10 Å². The Bertz CT molecular complexity index is 417. The Labute approximate surface area is 101 Å². The van der Waals surface area contributed by atoms with E-state index in [1.54, 1.807) is 6.07 Å². The Kier molecular flexibility index (Phi) is 3.13. The van der Waals surface area contributed by atoms with Crippen LogP contribution in [0.5, 0.6) is 5.75 Å². The van der Waals surface area contributed by atoms with E-state index >= 15 is 0 Å². The summed E-state index contributed by atoms with van der Waals surface area (Å²) >= 11 is 0. The molecule has 0 saturated carbocycles. The first kappa shape index (κ1) is 12.4. The third-order valence-electron chi connectivity index (χ3n) is 3.15. The predicted molar refractivity (Wildman–Crippen MR) is 64.5 cm³/mol. The average Bonchev–Trinajstić information content (AvgIpc) is 2.17. The van der Waals surface area contributed by atoms with Gasteiger partial charge < -0.3 is 9.84 Å². The molecule has 2 rings (SSSR count). The predicted octanol–water partition coefficient (Wildman–Crippen LogP) is 3.45. The highest BCUT2D eigenvalue weighted by Gasteiger charge is 2.37. The molecule has 0 amide bonds. The van der Waals surface area contributed by atoms with Gasteiger partial charge >= 0.3 is 0 Å². The lowest BCUT2D eigenvalue weighted by atomic mass is 9.84. The molecule has 3 heteroatoms. The van der Waals surface area contributed by atoms with E-state index in [-0.39, 0.29) is 11.4 Å². The number of rotatable bonds is 2. The fraction of sp³-hybridized carbons (Fsp3) is 0.571. The number of fused-ring (bicyclic) bond motifs is 1. The molecule has 94 valence electrons. The molecule has 0 bridgehead atoms. The van der Waals surface area contributed by atoms with E-state index in [0.717, 1.165) is 6.42 Å². The van der Waals surface area contributed by atoms with Gasteiger partial charge in [0.05, 0.1) is 6.10 Å². The van der Waals surface area contributed by atoms with Crippen molar-refractivity contribution in [3.8, 4) is 5.75 Å². The van der Waals surface area contributed by atoms with Crippen LogP contribution in [0.4, 0.5) is 4.39 Å². The van der Waals surface area contributed by atoms with Crippen molar-refractivity contribution >= 4 is 0 Å². The van der Waals surface area contributed by atoms with E-state index in [4.69, 9.17) is 4.74 Å². The Balaban J connectivity index is 2.30. The summed E-state index contributed by atoms with van der Waals surface area (Å²) in [6.07, 6.45) is 0.751. The van der Waals surface area contributed by atoms with Crippen molar-refractivity contribution in [3.63, 3.8) is 0 Å². The molecule has 0 spiro atoms. The molecule has 2 nitrogen and oxygen atoms in total. The van der Waals surface area contributed by atoms with Gasteiger partial charge in [0, 0.05) is 12.0 Å². The number of hydrogen-bond donors (Lipinski definition) is 1. The maximum atomic E-state index is 13.1. The van der Waals surface area contributed by atoms with Crippen LogP contribution in [0.15, 0.2) is 18.2 Å². The van der Waals surface area contributed by atoms with Crippen molar-refractivity contribution in [2.45, 2.75) is 45.3 Å². The third-order valence-corrected chi connectivity index (χ3v) is 3.15. The third kappa shape index (κ3) is 2.60. The van der Waals surface area contributed by atoms with Gasteiger partial charge in [-0.1, -0.05) is 13.8 Å². The van der Waals surface area contributed by atoms with Gasteiger partial charge in [0.15, 0.2) is 0 Å². The standard InChI is InChI=1S/C14H19FO2/c1-9(2)7-14(3)8-12(16)11-6-10(15)4-5-13(11)17-14/h4-6,9,12,16H,7-8H2,1-3H3. The van der Waals surface area contributed by atoms with Crippen LogP contribution in [0.25, 0.3) is 0 Å². The number of ether oxygens (including phenoxy) is 1. The Hall–Kier alpha value is -1.09. The summed E-state index contributed by atoms with van der Waals surface area (Å²) in [6, 6.07) is 4.33. The van der Waals surface area contributed by atoms with Crippen molar-refractivity contribution in [1.82, 2.24) is 0 Å². The normalized spacial score (nSPS) is 27.8. The molecular weight excluding hydrogens is 219 g/mol. The van der Waals surface area contributed by atoms with E-state index in [9.17, 15) is 9.50 Å². The van der Waals surface area contributed by atoms with Crippen LogP contribution in [-0.2, 0) is 0 Å². The van der Waals surface area contributed by atoms with Crippen molar-refractivity contribution in [3.05, 3.63) is 29.6 Å². The largest absolute Gasteiger partial charge is 0.487 e. The Morgan fingerprint density at radius 1 is 1.53 bits per heavy atom. The molecule has 1 aromatic rings. The van der Waals surface area contributed by atoms with Crippen LogP contribution in [0.2, 0.25) is 0 Å². The molecule has 0 aromatic heterocycles. The van der Waals surface area contributed by atoms with Crippen LogP contribution in [0.3, 0.4) is 0 Å². The summed E-state index contributed by atoms with van der Waals surface area (Å²) in [4.78, 5) is 0. The molecule has 1 heterocycles. The highest BCUT2D eigenvalue weighted by atomic mass is 19.1. The van der Waals surface area contributed by atoms with Gasteiger partial charge in [0.25, 0.3) is 0 Å². The summed E-state index contributed by atoms with van der Waals surface area (Å²) in [5.74, 6) is 0.765. The zero-order valence-corrected chi connectivity index (χ0v) is 10.5. The zero-order chi connectivity index (χ0) is 12.6. The molecule has 0 aliphatic carbocycles. The van der Waals surface area contributed by atoms with Crippen molar-refractivity contribution < 1.29 is 14.2 Å². The average molecular weight is 238 g/mol. The van der Waals surface area contributed by atoms with Crippen LogP contribution in [0, 0.1) is 11.7 Å². The van der Waals surface area contributed by atoms with Gasteiger partial charge in [-0.15, -0.1) is 0 Å². The fourth-order valence-corrected chi connectivity index (χ4v) is 2.69. The first-order valence-corrected chi connectivity index (χ1v) is 6.06. The number of aliphatic hydroxyl groups is 1. The minimum Gasteiger partial charge on any atom is -0.487 e. The zero-order valence-electron chi connectivity index (χ0n) is 10.5. The second-order valence-electron chi connectivity index (χ2n) is 5.55. The molecule has 0 fully saturated rings. The van der Waals surface area contributed by atoms with Crippen LogP contribution in [-0.4, -0.2) is 10.7 Å². The lowest BCUT2D eigenvalue weighted by molar-refractivity contribution is -0.0146. The monoisotopic (exact) mass is 238 g/mol. The van der Waals surface area contributed by atoms with Gasteiger partial charge in [0.2, 0.25) is 0 Å². The molecule has 1 aliphatic rings. The topological polar surface area (TPSA) is 29.5 Å². The van der Waals surface area contributed by atoms with Gasteiger partial charge in [0.1, 0.15) is 17.2 Å². The molecule has 17 heavy (non-hydrogen) atoms. The van der Waals surface area contributed by atoms with E-state index in [1.165, 1.54) is 12.1 Å². The molecule has 0 radical (unpaired) electrons. The summed E-state index contributed by atoms with van der Waals surface area (Å²) in [6.45, 7) is 6.25. The van der Waals surface area contributed by atoms with Crippen LogP contribution < -0.4 is 4.74 Å². The highest BCUT2D eigenvalue weighted by Crippen LogP contribution is 2.42. The van der Waals surface area contributed by atoms with E-state index in [1.807, 2.05) is 6.92 Å². The molecule has 1 aromatic carbocycles. The number of aliphatic hydroxyl groups excluding tert-OH is 1. The molecule has 1 aliphatic heterocycles. The fourth-order valence-electron chi connectivity index (χ4n) is 2.69. The van der Waals surface area contributed by atoms with Gasteiger partial charge in [-0.3, -0.25) is 0 Å². The first-order valence-electron chi connectivity index (χ1n) is 6.06. The van der Waals surface area contributed by atoms with Gasteiger partial charge in [-0.05, 0) is 37.5 Å². The maximum Gasteiger partial charge on any atom is 0.126 e. The molecule has 2 unspecified atom stereocenters. The number of benzene rings is 1. The van der Waals surface area contributed by atoms with E-state index in [2.05, 4.69) is 13.8 Å². The molecule has 0 saturated heterocycles. The summed E-state index contributed by atoms with van der Waals surface area (Å²) in [5, 5.41) is 10.1. The summed E-state index contributed by atoms with van der Waals surface area (Å²) in [5.41, 5.74) is 0.199. The lowest BCUT2D eigenvalue weighted by Crippen LogP contribution is -2.39. The first-order chi connectivity index (χ1) is 7.89. The highest BCUT2D eigenvalue weighted by molar-refractivity contribution is 5.38. The Morgan fingerprint density at radius 3 is 2.88 bits per heavy atom. The second kappa shape index (κ2) is 4.30. The molecular formula is C14H19FO2. The Morgan fingerprint density at radius 2 is 2.24 bits per heavy atom. The van der Waals surface area contributed by atoms with Gasteiger partial charge in [-0.2, -0.15) is 0 Å². The second-order valence-corrected chi connectivity index (χ2v) is 5.55. The van der Waals surface area contributed by atoms with Crippen molar-refractivity contribution in [2.75, 3.05) is 0 Å². The minimum atomic E-state index is -0.641. The molecule has 1 N–H and O–H groups in total. The number of halogens is 1. The maximum absolute atomic E-state index is 13.1. The SMILES string of the molecule is CC(C)CC1(C)CC(O)c2cc(F)ccc2O1. The summed E-state index contributed by atoms with van der Waals surface area (Å²) < 4.78 is 19.0. The smallest absolute Gasteiger partial charge is 0.126 e. The van der Waals surface area contributed by atoms with Crippen molar-refractivity contribution in [2.24, 2.45) is 5.92 Å². The van der Waals surface area contributed by atoms with Gasteiger partial charge in [-0.25, -0.2) is 4.39 Å². The van der Waals surface area contributed by atoms with Crippen molar-refractivity contribution in [1.29, 1.82) is 0 Å². The summed E-state index contributed by atoms with van der Waals surface area (Å²) in [7, 11) is 0. The number of hydrogen-bond acceptors (Lipinski definition) is 2. The van der Waals surface area contributed by atoms with Crippen LogP contribution in [0.1, 0.15) is 45.3 Å². The molecule has 2 atom stereocenters. The lowest BCUT2D eigenvalue weighted by Gasteiger charge is -2.39. The van der Waals surface area contributed by atoms with Crippen LogP contribution >= 0.6 is 0 Å². The quantitative estimate of drug-likeness (QED) is 0.855. The van der Waals surface area contributed by atoms with E-state index in [0.29, 0.717) is 23.7 Å². The minimum absolute atomic E-state index is 0.334.